The van der Waals surface area contributed by atoms with Crippen LogP contribution in [0.25, 0.3) is 0 Å². The number of thioether (sulfide) groups is 1. The normalized spacial score (nSPS) is 11.5. The van der Waals surface area contributed by atoms with Gasteiger partial charge in [0, 0.05) is 11.4 Å². The van der Waals surface area contributed by atoms with Crippen LogP contribution in [0.2, 0.25) is 0 Å². The molecule has 0 saturated heterocycles. The molecule has 1 rings (SSSR count). The molecule has 1 aromatic carbocycles. The molecule has 0 aliphatic heterocycles. The molecule has 14 heavy (non-hydrogen) atoms. The minimum absolute atomic E-state index is 0.179. The van der Waals surface area contributed by atoms with Crippen molar-refractivity contribution in [2.75, 3.05) is 23.5 Å². The van der Waals surface area contributed by atoms with Crippen molar-refractivity contribution >= 4 is 27.3 Å². The van der Waals surface area contributed by atoms with Crippen LogP contribution in [0.3, 0.4) is 0 Å². The zero-order valence-electron chi connectivity index (χ0n) is 7.93. The lowest BCUT2D eigenvalue weighted by Gasteiger charge is -2.03. The average molecular weight is 231 g/mol. The van der Waals surface area contributed by atoms with Gasteiger partial charge in [-0.05, 0) is 30.5 Å². The molecule has 0 radical (unpaired) electrons. The molecule has 3 nitrogen and oxygen atoms in total. The Labute approximate surface area is 88.6 Å². The number of hydrogen-bond donors (Lipinski definition) is 1. The fourth-order valence-corrected chi connectivity index (χ4v) is 3.32. The molecule has 0 saturated carbocycles. The summed E-state index contributed by atoms with van der Waals surface area (Å²) in [5.41, 5.74) is 6.05. The first-order chi connectivity index (χ1) is 6.56. The van der Waals surface area contributed by atoms with E-state index in [4.69, 9.17) is 5.73 Å². The number of benzene rings is 1. The van der Waals surface area contributed by atoms with E-state index in [9.17, 15) is 8.42 Å². The molecule has 0 spiro atoms. The van der Waals surface area contributed by atoms with Crippen LogP contribution in [0.5, 0.6) is 0 Å². The van der Waals surface area contributed by atoms with Crippen molar-refractivity contribution < 1.29 is 8.42 Å². The first-order valence-electron chi connectivity index (χ1n) is 4.13. The van der Waals surface area contributed by atoms with Crippen LogP contribution in [0, 0.1) is 0 Å². The molecule has 0 amide bonds. The maximum Gasteiger partial charge on any atom is 0.179 e. The quantitative estimate of drug-likeness (QED) is 0.796. The second-order valence-corrected chi connectivity index (χ2v) is 5.98. The van der Waals surface area contributed by atoms with E-state index < -0.39 is 9.84 Å². The Balaban J connectivity index is 2.87. The van der Waals surface area contributed by atoms with Crippen LogP contribution < -0.4 is 5.73 Å². The van der Waals surface area contributed by atoms with E-state index in [0.29, 0.717) is 16.3 Å². The molecule has 0 aliphatic carbocycles. The minimum atomic E-state index is -3.12. The number of rotatable bonds is 4. The highest BCUT2D eigenvalue weighted by Gasteiger charge is 2.12. The SMILES string of the molecule is CSCCS(=O)(=O)c1ccc(N)cc1. The number of nitrogens with two attached hydrogens (primary N) is 1. The van der Waals surface area contributed by atoms with E-state index in [0.717, 1.165) is 0 Å². The molecule has 0 aromatic heterocycles. The molecule has 78 valence electrons. The number of nitrogen functional groups attached to an aromatic ring is 1. The molecule has 0 fully saturated rings. The van der Waals surface area contributed by atoms with Crippen LogP contribution in [0.1, 0.15) is 0 Å². The van der Waals surface area contributed by atoms with E-state index in [-0.39, 0.29) is 5.75 Å². The van der Waals surface area contributed by atoms with Crippen molar-refractivity contribution in [3.8, 4) is 0 Å². The molecule has 0 bridgehead atoms. The summed E-state index contributed by atoms with van der Waals surface area (Å²) in [4.78, 5) is 0.348. The predicted octanol–water partition coefficient (Wildman–Crippen LogP) is 1.41. The third-order valence-electron chi connectivity index (χ3n) is 1.80. The highest BCUT2D eigenvalue weighted by molar-refractivity contribution is 8.00. The van der Waals surface area contributed by atoms with Gasteiger partial charge in [0.1, 0.15) is 0 Å². The molecule has 0 heterocycles. The fourth-order valence-electron chi connectivity index (χ4n) is 0.986. The highest BCUT2D eigenvalue weighted by Crippen LogP contribution is 2.14. The standard InChI is InChI=1S/C9H13NO2S2/c1-13-6-7-14(11,12)9-4-2-8(10)3-5-9/h2-5H,6-7,10H2,1H3. The zero-order chi connectivity index (χ0) is 10.6. The molecule has 0 unspecified atom stereocenters. The lowest BCUT2D eigenvalue weighted by Crippen LogP contribution is -2.08. The van der Waals surface area contributed by atoms with Crippen LogP contribution in [0.4, 0.5) is 5.69 Å². The van der Waals surface area contributed by atoms with E-state index in [2.05, 4.69) is 0 Å². The summed E-state index contributed by atoms with van der Waals surface area (Å²) in [5, 5.41) is 0. The van der Waals surface area contributed by atoms with Gasteiger partial charge in [-0.2, -0.15) is 11.8 Å². The van der Waals surface area contributed by atoms with Gasteiger partial charge in [0.2, 0.25) is 0 Å². The second-order valence-electron chi connectivity index (χ2n) is 2.88. The lowest BCUT2D eigenvalue weighted by atomic mass is 10.3. The Morgan fingerprint density at radius 1 is 1.29 bits per heavy atom. The number of hydrogen-bond acceptors (Lipinski definition) is 4. The predicted molar refractivity (Wildman–Crippen MR) is 61.3 cm³/mol. The lowest BCUT2D eigenvalue weighted by molar-refractivity contribution is 0.597. The van der Waals surface area contributed by atoms with Gasteiger partial charge in [-0.25, -0.2) is 8.42 Å². The number of anilines is 1. The first-order valence-corrected chi connectivity index (χ1v) is 7.18. The third-order valence-corrected chi connectivity index (χ3v) is 4.40. The van der Waals surface area contributed by atoms with Gasteiger partial charge in [0.05, 0.1) is 10.6 Å². The van der Waals surface area contributed by atoms with Crippen LogP contribution in [-0.2, 0) is 9.84 Å². The van der Waals surface area contributed by atoms with Gasteiger partial charge in [-0.1, -0.05) is 0 Å². The maximum atomic E-state index is 11.6. The molecule has 0 aliphatic rings. The summed E-state index contributed by atoms with van der Waals surface area (Å²) in [7, 11) is -3.12. The summed E-state index contributed by atoms with van der Waals surface area (Å²) in [6, 6.07) is 6.30. The molecule has 5 heteroatoms. The summed E-state index contributed by atoms with van der Waals surface area (Å²) >= 11 is 1.52. The van der Waals surface area contributed by atoms with Crippen molar-refractivity contribution in [2.24, 2.45) is 0 Å². The average Bonchev–Trinajstić information content (AvgIpc) is 2.16. The monoisotopic (exact) mass is 231 g/mol. The molecule has 2 N–H and O–H groups in total. The molecule has 1 aromatic rings. The first kappa shape index (κ1) is 11.4. The van der Waals surface area contributed by atoms with Crippen molar-refractivity contribution in [1.29, 1.82) is 0 Å². The highest BCUT2D eigenvalue weighted by atomic mass is 32.2. The van der Waals surface area contributed by atoms with Crippen LogP contribution in [-0.4, -0.2) is 26.2 Å². The van der Waals surface area contributed by atoms with Gasteiger partial charge in [-0.3, -0.25) is 0 Å². The molecule has 0 atom stereocenters. The van der Waals surface area contributed by atoms with E-state index in [1.165, 1.54) is 11.8 Å². The van der Waals surface area contributed by atoms with Gasteiger partial charge in [0.15, 0.2) is 9.84 Å². The summed E-state index contributed by atoms with van der Waals surface area (Å²) in [6.45, 7) is 0. The fraction of sp³-hybridized carbons (Fsp3) is 0.333. The van der Waals surface area contributed by atoms with Gasteiger partial charge < -0.3 is 5.73 Å². The molecular weight excluding hydrogens is 218 g/mol. The van der Waals surface area contributed by atoms with Crippen LogP contribution >= 0.6 is 11.8 Å². The van der Waals surface area contributed by atoms with Gasteiger partial charge >= 0.3 is 0 Å². The smallest absolute Gasteiger partial charge is 0.179 e. The Kier molecular flexibility index (Phi) is 3.83. The van der Waals surface area contributed by atoms with Crippen molar-refractivity contribution in [2.45, 2.75) is 4.90 Å². The van der Waals surface area contributed by atoms with E-state index >= 15 is 0 Å². The maximum absolute atomic E-state index is 11.6. The summed E-state index contributed by atoms with van der Waals surface area (Å²) in [6.07, 6.45) is 1.89. The van der Waals surface area contributed by atoms with Crippen molar-refractivity contribution in [1.82, 2.24) is 0 Å². The van der Waals surface area contributed by atoms with Crippen molar-refractivity contribution in [3.63, 3.8) is 0 Å². The van der Waals surface area contributed by atoms with Crippen molar-refractivity contribution in [3.05, 3.63) is 24.3 Å². The largest absolute Gasteiger partial charge is 0.399 e. The number of sulfone groups is 1. The van der Waals surface area contributed by atoms with E-state index in [1.807, 2.05) is 6.26 Å². The third kappa shape index (κ3) is 2.92. The minimum Gasteiger partial charge on any atom is -0.399 e. The Morgan fingerprint density at radius 3 is 2.36 bits per heavy atom. The second kappa shape index (κ2) is 4.70. The van der Waals surface area contributed by atoms with Gasteiger partial charge in [0.25, 0.3) is 0 Å². The van der Waals surface area contributed by atoms with Gasteiger partial charge in [-0.15, -0.1) is 0 Å². The summed E-state index contributed by atoms with van der Waals surface area (Å²) < 4.78 is 23.3. The van der Waals surface area contributed by atoms with E-state index in [1.54, 1.807) is 24.3 Å². The zero-order valence-corrected chi connectivity index (χ0v) is 9.57. The Bertz CT molecular complexity index is 384. The molecular formula is C9H13NO2S2. The summed E-state index contributed by atoms with van der Waals surface area (Å²) in [5.74, 6) is 0.796. The van der Waals surface area contributed by atoms with Crippen LogP contribution in [0.15, 0.2) is 29.2 Å². The Hall–Kier alpha value is -0.680. The Morgan fingerprint density at radius 2 is 1.86 bits per heavy atom. The topological polar surface area (TPSA) is 60.2 Å².